The lowest BCUT2D eigenvalue weighted by Gasteiger charge is -2.26. The number of esters is 2. The van der Waals surface area contributed by atoms with E-state index >= 15 is 0 Å². The van der Waals surface area contributed by atoms with Gasteiger partial charge in [-0.05, 0) is 50.4 Å². The van der Waals surface area contributed by atoms with Crippen molar-refractivity contribution in [2.45, 2.75) is 124 Å². The summed E-state index contributed by atoms with van der Waals surface area (Å²) < 4.78 is 11.1. The van der Waals surface area contributed by atoms with Crippen LogP contribution in [0.5, 0.6) is 0 Å². The molecule has 0 N–H and O–H groups in total. The number of hydrogen-bond acceptors (Lipinski definition) is 4. The lowest BCUT2D eigenvalue weighted by Crippen LogP contribution is -2.29. The van der Waals surface area contributed by atoms with Gasteiger partial charge in [0, 0.05) is 0 Å². The van der Waals surface area contributed by atoms with E-state index in [0.717, 1.165) is 57.3 Å². The van der Waals surface area contributed by atoms with Crippen LogP contribution in [0.2, 0.25) is 0 Å². The largest absolute Gasteiger partial charge is 0.465 e. The molecule has 31 heavy (non-hydrogen) atoms. The molecule has 0 aromatic carbocycles. The minimum Gasteiger partial charge on any atom is -0.465 e. The van der Waals surface area contributed by atoms with Crippen molar-refractivity contribution >= 4 is 11.9 Å². The smallest absolute Gasteiger partial charge is 0.308 e. The Hall–Kier alpha value is -1.06. The molecular formula is C27H50O4. The molecule has 182 valence electrons. The van der Waals surface area contributed by atoms with Crippen LogP contribution in [0.15, 0.2) is 0 Å². The fourth-order valence-corrected chi connectivity index (χ4v) is 4.43. The zero-order valence-electron chi connectivity index (χ0n) is 21.0. The molecule has 0 aliphatic heterocycles. The molecular weight excluding hydrogens is 388 g/mol. The molecule has 1 aliphatic carbocycles. The maximum atomic E-state index is 12.4. The van der Waals surface area contributed by atoms with Gasteiger partial charge in [-0.25, -0.2) is 0 Å². The fourth-order valence-electron chi connectivity index (χ4n) is 4.43. The number of ether oxygens (including phenoxy) is 2. The summed E-state index contributed by atoms with van der Waals surface area (Å²) in [6.07, 6.45) is 16.2. The van der Waals surface area contributed by atoms with Crippen molar-refractivity contribution in [2.75, 3.05) is 13.2 Å². The molecule has 0 heterocycles. The molecule has 1 fully saturated rings. The molecule has 0 saturated heterocycles. The summed E-state index contributed by atoms with van der Waals surface area (Å²) in [5.41, 5.74) is 0. The quantitative estimate of drug-likeness (QED) is 0.174. The van der Waals surface area contributed by atoms with Crippen molar-refractivity contribution in [3.63, 3.8) is 0 Å². The van der Waals surface area contributed by atoms with Crippen molar-refractivity contribution < 1.29 is 19.1 Å². The van der Waals surface area contributed by atoms with Crippen LogP contribution in [0.25, 0.3) is 0 Å². The molecule has 1 unspecified atom stereocenters. The Morgan fingerprint density at radius 2 is 1.29 bits per heavy atom. The number of carbonyl (C=O) groups is 2. The Labute approximate surface area is 192 Å². The molecule has 0 spiro atoms. The molecule has 0 aromatic rings. The summed E-state index contributed by atoms with van der Waals surface area (Å²) in [7, 11) is 0. The van der Waals surface area contributed by atoms with E-state index in [4.69, 9.17) is 9.47 Å². The van der Waals surface area contributed by atoms with Gasteiger partial charge in [-0.3, -0.25) is 9.59 Å². The van der Waals surface area contributed by atoms with Crippen molar-refractivity contribution in [1.29, 1.82) is 0 Å². The first-order chi connectivity index (χ1) is 15.0. The molecule has 1 rings (SSSR count). The van der Waals surface area contributed by atoms with E-state index in [2.05, 4.69) is 27.7 Å². The zero-order valence-corrected chi connectivity index (χ0v) is 21.0. The first kappa shape index (κ1) is 28.0. The molecule has 1 saturated carbocycles. The van der Waals surface area contributed by atoms with E-state index in [1.54, 1.807) is 0 Å². The third-order valence-corrected chi connectivity index (χ3v) is 6.82. The van der Waals surface area contributed by atoms with Gasteiger partial charge < -0.3 is 9.47 Å². The Morgan fingerprint density at radius 1 is 0.742 bits per heavy atom. The van der Waals surface area contributed by atoms with Gasteiger partial charge >= 0.3 is 11.9 Å². The van der Waals surface area contributed by atoms with E-state index in [9.17, 15) is 9.59 Å². The summed E-state index contributed by atoms with van der Waals surface area (Å²) >= 11 is 0. The van der Waals surface area contributed by atoms with Crippen LogP contribution in [-0.4, -0.2) is 25.2 Å². The van der Waals surface area contributed by atoms with Gasteiger partial charge in [-0.1, -0.05) is 85.5 Å². The van der Waals surface area contributed by atoms with Crippen LogP contribution >= 0.6 is 0 Å². The molecule has 0 radical (unpaired) electrons. The van der Waals surface area contributed by atoms with E-state index in [-0.39, 0.29) is 23.8 Å². The maximum Gasteiger partial charge on any atom is 0.308 e. The summed E-state index contributed by atoms with van der Waals surface area (Å²) in [5.74, 6) is 1.10. The lowest BCUT2D eigenvalue weighted by atomic mass is 9.82. The van der Waals surface area contributed by atoms with Gasteiger partial charge in [-0.15, -0.1) is 0 Å². The standard InChI is InChI=1S/C27H50O4/c1-5-7-15-23(6-2)21-31-27(29)25-18-16-24(17-19-25)26(28)30-20-13-11-9-8-10-12-14-22(3)4/h22-25H,5-21H2,1-4H3. The second-order valence-electron chi connectivity index (χ2n) is 10.1. The van der Waals surface area contributed by atoms with Crippen molar-refractivity contribution in [3.8, 4) is 0 Å². The van der Waals surface area contributed by atoms with Gasteiger partial charge in [0.15, 0.2) is 0 Å². The average Bonchev–Trinajstić information content (AvgIpc) is 2.77. The van der Waals surface area contributed by atoms with Crippen LogP contribution in [0.3, 0.4) is 0 Å². The summed E-state index contributed by atoms with van der Waals surface area (Å²) in [6, 6.07) is 0. The highest BCUT2D eigenvalue weighted by atomic mass is 16.5. The van der Waals surface area contributed by atoms with Crippen molar-refractivity contribution in [3.05, 3.63) is 0 Å². The molecule has 4 heteroatoms. The van der Waals surface area contributed by atoms with Gasteiger partial charge in [0.2, 0.25) is 0 Å². The van der Waals surface area contributed by atoms with Crippen molar-refractivity contribution in [2.24, 2.45) is 23.7 Å². The monoisotopic (exact) mass is 438 g/mol. The normalized spacial score (nSPS) is 19.9. The summed E-state index contributed by atoms with van der Waals surface area (Å²) in [6.45, 7) is 10.0. The highest BCUT2D eigenvalue weighted by Gasteiger charge is 2.31. The lowest BCUT2D eigenvalue weighted by molar-refractivity contribution is -0.156. The van der Waals surface area contributed by atoms with Gasteiger partial charge in [0.1, 0.15) is 0 Å². The van der Waals surface area contributed by atoms with Crippen LogP contribution in [0.1, 0.15) is 124 Å². The second kappa shape index (κ2) is 17.5. The summed E-state index contributed by atoms with van der Waals surface area (Å²) in [5, 5.41) is 0. The predicted molar refractivity (Wildman–Crippen MR) is 128 cm³/mol. The Balaban J connectivity index is 2.09. The number of carbonyl (C=O) groups excluding carboxylic acids is 2. The van der Waals surface area contributed by atoms with E-state index in [1.807, 2.05) is 0 Å². The average molecular weight is 439 g/mol. The SMILES string of the molecule is CCCCC(CC)COC(=O)C1CCC(C(=O)OCCCCCCCCC(C)C)CC1. The Morgan fingerprint density at radius 3 is 1.84 bits per heavy atom. The minimum atomic E-state index is -0.0608. The van der Waals surface area contributed by atoms with Crippen LogP contribution in [-0.2, 0) is 19.1 Å². The topological polar surface area (TPSA) is 52.6 Å². The fraction of sp³-hybridized carbons (Fsp3) is 0.926. The van der Waals surface area contributed by atoms with E-state index in [0.29, 0.717) is 19.1 Å². The first-order valence-corrected chi connectivity index (χ1v) is 13.3. The third-order valence-electron chi connectivity index (χ3n) is 6.82. The second-order valence-corrected chi connectivity index (χ2v) is 10.1. The zero-order chi connectivity index (χ0) is 22.9. The highest BCUT2D eigenvalue weighted by molar-refractivity contribution is 5.75. The minimum absolute atomic E-state index is 0.0342. The van der Waals surface area contributed by atoms with Crippen LogP contribution in [0, 0.1) is 23.7 Å². The maximum absolute atomic E-state index is 12.4. The third kappa shape index (κ3) is 13.2. The molecule has 4 nitrogen and oxygen atoms in total. The van der Waals surface area contributed by atoms with Gasteiger partial charge in [0.25, 0.3) is 0 Å². The van der Waals surface area contributed by atoms with Crippen molar-refractivity contribution in [1.82, 2.24) is 0 Å². The summed E-state index contributed by atoms with van der Waals surface area (Å²) in [4.78, 5) is 24.7. The first-order valence-electron chi connectivity index (χ1n) is 13.3. The number of unbranched alkanes of at least 4 members (excludes halogenated alkanes) is 6. The van der Waals surface area contributed by atoms with Crippen LogP contribution in [0.4, 0.5) is 0 Å². The molecule has 1 atom stereocenters. The Kier molecular flexibility index (Phi) is 15.8. The van der Waals surface area contributed by atoms with Gasteiger partial charge in [-0.2, -0.15) is 0 Å². The molecule has 0 amide bonds. The van der Waals surface area contributed by atoms with Crippen LogP contribution < -0.4 is 0 Å². The van der Waals surface area contributed by atoms with E-state index < -0.39 is 0 Å². The number of hydrogen-bond donors (Lipinski definition) is 0. The molecule has 0 bridgehead atoms. The number of rotatable bonds is 17. The predicted octanol–water partition coefficient (Wildman–Crippen LogP) is 7.48. The Bertz CT molecular complexity index is 466. The molecule has 1 aliphatic rings. The molecule has 0 aromatic heterocycles. The van der Waals surface area contributed by atoms with Gasteiger partial charge in [0.05, 0.1) is 25.0 Å². The highest BCUT2D eigenvalue weighted by Crippen LogP contribution is 2.31. The van der Waals surface area contributed by atoms with E-state index in [1.165, 1.54) is 44.9 Å².